The fourth-order valence-corrected chi connectivity index (χ4v) is 2.29. The molecule has 0 aliphatic rings. The molecule has 0 aromatic heterocycles. The van der Waals surface area contributed by atoms with E-state index in [4.69, 9.17) is 17.3 Å². The second-order valence-corrected chi connectivity index (χ2v) is 5.05. The molecule has 20 heavy (non-hydrogen) atoms. The van der Waals surface area contributed by atoms with E-state index in [0.717, 1.165) is 6.07 Å². The third-order valence-corrected chi connectivity index (χ3v) is 3.50. The minimum atomic E-state index is -0.891. The van der Waals surface area contributed by atoms with Crippen LogP contribution in [0.25, 0.3) is 0 Å². The first-order valence-corrected chi connectivity index (χ1v) is 6.42. The number of rotatable bonds is 3. The summed E-state index contributed by atoms with van der Waals surface area (Å²) in [6.45, 7) is 1.54. The summed E-state index contributed by atoms with van der Waals surface area (Å²) < 4.78 is 40.7. The maximum absolute atomic E-state index is 14.0. The first-order chi connectivity index (χ1) is 9.40. The summed E-state index contributed by atoms with van der Waals surface area (Å²) in [7, 11) is 0. The summed E-state index contributed by atoms with van der Waals surface area (Å²) in [4.78, 5) is 0. The number of hydrogen-bond acceptors (Lipinski definition) is 1. The lowest BCUT2D eigenvalue weighted by Crippen LogP contribution is -2.17. The maximum Gasteiger partial charge on any atom is 0.133 e. The largest absolute Gasteiger partial charge is 0.323 e. The molecule has 5 heteroatoms. The molecule has 0 bridgehead atoms. The van der Waals surface area contributed by atoms with Crippen LogP contribution in [0.15, 0.2) is 30.3 Å². The van der Waals surface area contributed by atoms with Crippen LogP contribution in [0, 0.1) is 24.4 Å². The molecule has 1 atom stereocenters. The smallest absolute Gasteiger partial charge is 0.133 e. The van der Waals surface area contributed by atoms with Crippen molar-refractivity contribution < 1.29 is 13.2 Å². The number of aryl methyl sites for hydroxylation is 1. The van der Waals surface area contributed by atoms with Crippen LogP contribution in [-0.2, 0) is 6.42 Å². The molecule has 0 aliphatic heterocycles. The molecule has 0 spiro atoms. The van der Waals surface area contributed by atoms with Crippen molar-refractivity contribution in [3.8, 4) is 0 Å². The fourth-order valence-electron chi connectivity index (χ4n) is 2.04. The zero-order valence-corrected chi connectivity index (χ0v) is 11.5. The van der Waals surface area contributed by atoms with Crippen molar-refractivity contribution in [1.29, 1.82) is 0 Å². The van der Waals surface area contributed by atoms with Gasteiger partial charge in [0.05, 0.1) is 0 Å². The van der Waals surface area contributed by atoms with Crippen LogP contribution >= 0.6 is 11.6 Å². The van der Waals surface area contributed by atoms with Crippen molar-refractivity contribution in [2.75, 3.05) is 0 Å². The van der Waals surface area contributed by atoms with Crippen molar-refractivity contribution in [2.24, 2.45) is 5.73 Å². The predicted molar refractivity (Wildman–Crippen MR) is 73.1 cm³/mol. The standard InChI is InChI=1S/C15H13ClF3N/c1-8-2-5-12(18)14(15(8)19)13(20)6-9-3-4-10(17)7-11(9)16/h2-5,7,13H,6,20H2,1H3. The number of hydrogen-bond donors (Lipinski definition) is 1. The van der Waals surface area contributed by atoms with E-state index in [1.54, 1.807) is 0 Å². The average Bonchev–Trinajstić information content (AvgIpc) is 2.38. The SMILES string of the molecule is Cc1ccc(F)c(C(N)Cc2ccc(F)cc2Cl)c1F. The van der Waals surface area contributed by atoms with Crippen molar-refractivity contribution in [3.63, 3.8) is 0 Å². The van der Waals surface area contributed by atoms with Gasteiger partial charge in [0.25, 0.3) is 0 Å². The van der Waals surface area contributed by atoms with Gasteiger partial charge in [-0.25, -0.2) is 13.2 Å². The fraction of sp³-hybridized carbons (Fsp3) is 0.200. The van der Waals surface area contributed by atoms with Gasteiger partial charge in [-0.3, -0.25) is 0 Å². The van der Waals surface area contributed by atoms with Crippen molar-refractivity contribution in [2.45, 2.75) is 19.4 Å². The highest BCUT2D eigenvalue weighted by atomic mass is 35.5. The third kappa shape index (κ3) is 2.97. The molecule has 1 nitrogen and oxygen atoms in total. The van der Waals surface area contributed by atoms with Crippen molar-refractivity contribution in [3.05, 3.63) is 69.5 Å². The van der Waals surface area contributed by atoms with Gasteiger partial charge in [0.1, 0.15) is 17.5 Å². The van der Waals surface area contributed by atoms with Crippen LogP contribution in [0.5, 0.6) is 0 Å². The Kier molecular flexibility index (Phi) is 4.35. The van der Waals surface area contributed by atoms with Crippen LogP contribution < -0.4 is 5.73 Å². The molecule has 0 radical (unpaired) electrons. The Balaban J connectivity index is 2.33. The van der Waals surface area contributed by atoms with Crippen LogP contribution in [0.3, 0.4) is 0 Å². The predicted octanol–water partition coefficient (Wildman–Crippen LogP) is 4.31. The number of benzene rings is 2. The number of halogens is 4. The Morgan fingerprint density at radius 2 is 1.85 bits per heavy atom. The summed E-state index contributed by atoms with van der Waals surface area (Å²) in [6, 6.07) is 5.48. The van der Waals surface area contributed by atoms with Gasteiger partial charge in [0.15, 0.2) is 0 Å². The summed E-state index contributed by atoms with van der Waals surface area (Å²) in [6.07, 6.45) is 0.121. The molecule has 2 N–H and O–H groups in total. The van der Waals surface area contributed by atoms with Crippen molar-refractivity contribution in [1.82, 2.24) is 0 Å². The molecule has 1 unspecified atom stereocenters. The highest BCUT2D eigenvalue weighted by molar-refractivity contribution is 6.31. The van der Waals surface area contributed by atoms with E-state index >= 15 is 0 Å². The molecule has 0 saturated heterocycles. The van der Waals surface area contributed by atoms with E-state index < -0.39 is 23.5 Å². The van der Waals surface area contributed by atoms with Crippen molar-refractivity contribution >= 4 is 11.6 Å². The monoisotopic (exact) mass is 299 g/mol. The minimum Gasteiger partial charge on any atom is -0.323 e. The summed E-state index contributed by atoms with van der Waals surface area (Å²) >= 11 is 5.89. The molecule has 0 heterocycles. The summed E-state index contributed by atoms with van der Waals surface area (Å²) in [5, 5.41) is 0.189. The zero-order valence-electron chi connectivity index (χ0n) is 10.8. The summed E-state index contributed by atoms with van der Waals surface area (Å²) in [5.74, 6) is -1.82. The van der Waals surface area contributed by atoms with Gasteiger partial charge >= 0.3 is 0 Å². The lowest BCUT2D eigenvalue weighted by atomic mass is 9.97. The zero-order chi connectivity index (χ0) is 14.9. The Morgan fingerprint density at radius 3 is 2.50 bits per heavy atom. The van der Waals surface area contributed by atoms with Crippen LogP contribution in [0.2, 0.25) is 5.02 Å². The lowest BCUT2D eigenvalue weighted by molar-refractivity contribution is 0.519. The van der Waals surface area contributed by atoms with Gasteiger partial charge in [0, 0.05) is 16.6 Å². The van der Waals surface area contributed by atoms with Gasteiger partial charge in [0.2, 0.25) is 0 Å². The molecule has 2 aromatic rings. The van der Waals surface area contributed by atoms with Gasteiger partial charge in [-0.2, -0.15) is 0 Å². The second kappa shape index (κ2) is 5.85. The normalized spacial score (nSPS) is 12.5. The molecule has 0 saturated carbocycles. The van der Waals surface area contributed by atoms with Gasteiger partial charge < -0.3 is 5.73 Å². The quantitative estimate of drug-likeness (QED) is 0.898. The molecule has 0 aliphatic carbocycles. The molecule has 2 rings (SSSR count). The molecule has 0 amide bonds. The Hall–Kier alpha value is -1.52. The Morgan fingerprint density at radius 1 is 1.15 bits per heavy atom. The van der Waals surface area contributed by atoms with Gasteiger partial charge in [-0.05, 0) is 42.7 Å². The summed E-state index contributed by atoms with van der Waals surface area (Å²) in [5.41, 5.74) is 6.56. The first-order valence-electron chi connectivity index (χ1n) is 6.04. The Bertz CT molecular complexity index is 643. The molecule has 2 aromatic carbocycles. The highest BCUT2D eigenvalue weighted by Gasteiger charge is 2.19. The van der Waals surface area contributed by atoms with E-state index in [1.807, 2.05) is 0 Å². The van der Waals surface area contributed by atoms with Gasteiger partial charge in [-0.15, -0.1) is 0 Å². The molecule has 106 valence electrons. The average molecular weight is 300 g/mol. The van der Waals surface area contributed by atoms with E-state index in [-0.39, 0.29) is 17.0 Å². The number of nitrogens with two attached hydrogens (primary N) is 1. The first kappa shape index (κ1) is 14.9. The highest BCUT2D eigenvalue weighted by Crippen LogP contribution is 2.27. The van der Waals surface area contributed by atoms with E-state index in [0.29, 0.717) is 11.1 Å². The van der Waals surface area contributed by atoms with Crippen LogP contribution in [0.4, 0.5) is 13.2 Å². The molecular formula is C15H13ClF3N. The third-order valence-electron chi connectivity index (χ3n) is 3.15. The lowest BCUT2D eigenvalue weighted by Gasteiger charge is -2.16. The minimum absolute atomic E-state index is 0.121. The van der Waals surface area contributed by atoms with E-state index in [9.17, 15) is 13.2 Å². The van der Waals surface area contributed by atoms with Crippen LogP contribution in [-0.4, -0.2) is 0 Å². The Labute approximate surface area is 120 Å². The molecular weight excluding hydrogens is 287 g/mol. The second-order valence-electron chi connectivity index (χ2n) is 4.64. The van der Waals surface area contributed by atoms with E-state index in [2.05, 4.69) is 0 Å². The molecule has 0 fully saturated rings. The van der Waals surface area contributed by atoms with Crippen LogP contribution in [0.1, 0.15) is 22.7 Å². The maximum atomic E-state index is 14.0. The van der Waals surface area contributed by atoms with Gasteiger partial charge in [-0.1, -0.05) is 23.7 Å². The van der Waals surface area contributed by atoms with E-state index in [1.165, 1.54) is 31.2 Å². The topological polar surface area (TPSA) is 26.0 Å².